The number of carbonyl (C=O) groups excluding carboxylic acids is 2. The van der Waals surface area contributed by atoms with Gasteiger partial charge >= 0.3 is 5.97 Å². The highest BCUT2D eigenvalue weighted by Gasteiger charge is 2.26. The smallest absolute Gasteiger partial charge is 0.324 e. The molecule has 0 aromatic heterocycles. The first kappa shape index (κ1) is 28.4. The largest absolute Gasteiger partial charge is 0.465 e. The lowest BCUT2D eigenvalue weighted by molar-refractivity contribution is -0.145. The Morgan fingerprint density at radius 1 is 0.886 bits per heavy atom. The monoisotopic (exact) mass is 525 g/mol. The Hall–Kier alpha value is -2.80. The zero-order chi connectivity index (χ0) is 26.1. The van der Waals surface area contributed by atoms with Gasteiger partial charge in [0.15, 0.2) is 0 Å². The van der Waals surface area contributed by atoms with Crippen LogP contribution in [0.25, 0.3) is 0 Å². The number of hydrogen-bond donors (Lipinski definition) is 3. The molecular weight excluding hydrogens is 494 g/mol. The standard InChI is InChI=1S/C23H31N3O7S2/c1-4-33-23(28)22(26-35(31,32)21-14-10-19(11-15-21)25-18(3)27)7-5-6-16-24-34(29,30)20-12-8-17(2)9-13-20/h8-15,22,24,26H,4-7,16H2,1-3H3,(H,25,27). The van der Waals surface area contributed by atoms with E-state index in [2.05, 4.69) is 14.8 Å². The number of ether oxygens (including phenoxy) is 1. The third-order valence-corrected chi connectivity index (χ3v) is 7.86. The Bertz CT molecular complexity index is 1210. The molecule has 0 saturated heterocycles. The molecule has 1 amide bonds. The Kier molecular flexibility index (Phi) is 10.4. The highest BCUT2D eigenvalue weighted by molar-refractivity contribution is 7.89. The number of nitrogens with one attached hydrogen (secondary N) is 3. The molecule has 0 aliphatic rings. The van der Waals surface area contributed by atoms with E-state index in [0.717, 1.165) is 5.56 Å². The maximum absolute atomic E-state index is 12.8. The first-order valence-corrected chi connectivity index (χ1v) is 14.0. The highest BCUT2D eigenvalue weighted by Crippen LogP contribution is 2.16. The summed E-state index contributed by atoms with van der Waals surface area (Å²) in [6.45, 7) is 5.02. The van der Waals surface area contributed by atoms with Crippen molar-refractivity contribution in [2.24, 2.45) is 0 Å². The van der Waals surface area contributed by atoms with Crippen molar-refractivity contribution in [1.82, 2.24) is 9.44 Å². The lowest BCUT2D eigenvalue weighted by Gasteiger charge is -2.17. The first-order chi connectivity index (χ1) is 16.4. The summed E-state index contributed by atoms with van der Waals surface area (Å²) < 4.78 is 60.2. The lowest BCUT2D eigenvalue weighted by Crippen LogP contribution is -2.41. The van der Waals surface area contributed by atoms with E-state index in [0.29, 0.717) is 18.5 Å². The Morgan fingerprint density at radius 3 is 2.03 bits per heavy atom. The lowest BCUT2D eigenvalue weighted by atomic mass is 10.1. The first-order valence-electron chi connectivity index (χ1n) is 11.1. The minimum atomic E-state index is -4.05. The maximum atomic E-state index is 12.8. The summed E-state index contributed by atoms with van der Waals surface area (Å²) in [7, 11) is -7.71. The number of esters is 1. The molecule has 0 spiro atoms. The van der Waals surface area contributed by atoms with Gasteiger partial charge in [0.1, 0.15) is 6.04 Å². The predicted octanol–water partition coefficient (Wildman–Crippen LogP) is 2.31. The number of anilines is 1. The quantitative estimate of drug-likeness (QED) is 0.268. The molecule has 0 saturated carbocycles. The van der Waals surface area contributed by atoms with Crippen molar-refractivity contribution in [3.63, 3.8) is 0 Å². The molecule has 2 aromatic rings. The molecule has 0 aliphatic heterocycles. The number of sulfonamides is 2. The van der Waals surface area contributed by atoms with E-state index < -0.39 is 32.1 Å². The van der Waals surface area contributed by atoms with Crippen molar-refractivity contribution >= 4 is 37.6 Å². The van der Waals surface area contributed by atoms with Crippen molar-refractivity contribution in [2.75, 3.05) is 18.5 Å². The molecule has 3 N–H and O–H groups in total. The molecule has 1 atom stereocenters. The van der Waals surface area contributed by atoms with Gasteiger partial charge in [-0.1, -0.05) is 17.7 Å². The highest BCUT2D eigenvalue weighted by atomic mass is 32.2. The Balaban J connectivity index is 1.97. The molecule has 0 aliphatic carbocycles. The van der Waals surface area contributed by atoms with Gasteiger partial charge in [0, 0.05) is 19.2 Å². The van der Waals surface area contributed by atoms with Gasteiger partial charge in [0.05, 0.1) is 16.4 Å². The predicted molar refractivity (Wildman–Crippen MR) is 132 cm³/mol. The fraction of sp³-hybridized carbons (Fsp3) is 0.391. The van der Waals surface area contributed by atoms with E-state index in [4.69, 9.17) is 4.74 Å². The van der Waals surface area contributed by atoms with Crippen LogP contribution in [-0.2, 0) is 34.4 Å². The normalized spacial score (nSPS) is 12.7. The van der Waals surface area contributed by atoms with Crippen molar-refractivity contribution in [3.05, 3.63) is 54.1 Å². The van der Waals surface area contributed by atoms with Gasteiger partial charge in [0.2, 0.25) is 26.0 Å². The van der Waals surface area contributed by atoms with Crippen molar-refractivity contribution in [3.8, 4) is 0 Å². The van der Waals surface area contributed by atoms with Gasteiger partial charge < -0.3 is 10.1 Å². The van der Waals surface area contributed by atoms with Gasteiger partial charge in [0.25, 0.3) is 0 Å². The van der Waals surface area contributed by atoms with E-state index in [-0.39, 0.29) is 35.3 Å². The van der Waals surface area contributed by atoms with Crippen LogP contribution in [-0.4, -0.2) is 47.9 Å². The molecule has 35 heavy (non-hydrogen) atoms. The Morgan fingerprint density at radius 2 is 1.46 bits per heavy atom. The van der Waals surface area contributed by atoms with Gasteiger partial charge in [-0.2, -0.15) is 4.72 Å². The molecule has 12 heteroatoms. The molecule has 0 radical (unpaired) electrons. The Labute approximate surface area is 206 Å². The summed E-state index contributed by atoms with van der Waals surface area (Å²) >= 11 is 0. The minimum absolute atomic E-state index is 0.0771. The molecule has 0 heterocycles. The van der Waals surface area contributed by atoms with E-state index in [1.54, 1.807) is 19.1 Å². The number of hydrogen-bond acceptors (Lipinski definition) is 7. The van der Waals surface area contributed by atoms with E-state index >= 15 is 0 Å². The molecule has 2 rings (SSSR count). The van der Waals surface area contributed by atoms with Crippen molar-refractivity contribution in [2.45, 2.75) is 55.9 Å². The van der Waals surface area contributed by atoms with Crippen LogP contribution in [0.15, 0.2) is 58.3 Å². The van der Waals surface area contributed by atoms with Crippen LogP contribution in [0.5, 0.6) is 0 Å². The zero-order valence-electron chi connectivity index (χ0n) is 19.9. The van der Waals surface area contributed by atoms with E-state index in [9.17, 15) is 26.4 Å². The summed E-state index contributed by atoms with van der Waals surface area (Å²) in [4.78, 5) is 23.6. The minimum Gasteiger partial charge on any atom is -0.465 e. The molecule has 1 unspecified atom stereocenters. The van der Waals surface area contributed by atoms with Gasteiger partial charge in [-0.05, 0) is 69.5 Å². The van der Waals surface area contributed by atoms with E-state index in [1.165, 1.54) is 43.3 Å². The second-order valence-corrected chi connectivity index (χ2v) is 11.3. The van der Waals surface area contributed by atoms with Gasteiger partial charge in [-0.15, -0.1) is 0 Å². The van der Waals surface area contributed by atoms with Crippen LogP contribution >= 0.6 is 0 Å². The second kappa shape index (κ2) is 12.8. The zero-order valence-corrected chi connectivity index (χ0v) is 21.5. The van der Waals surface area contributed by atoms with Crippen molar-refractivity contribution in [1.29, 1.82) is 0 Å². The van der Waals surface area contributed by atoms with Gasteiger partial charge in [-0.3, -0.25) is 9.59 Å². The summed E-state index contributed by atoms with van der Waals surface area (Å²) in [6, 6.07) is 10.8. The number of carbonyl (C=O) groups is 2. The number of rotatable bonds is 13. The maximum Gasteiger partial charge on any atom is 0.324 e. The van der Waals surface area contributed by atoms with Crippen LogP contribution in [0.3, 0.4) is 0 Å². The molecule has 10 nitrogen and oxygen atoms in total. The average Bonchev–Trinajstić information content (AvgIpc) is 2.78. The molecular formula is C23H31N3O7S2. The molecule has 2 aromatic carbocycles. The topological polar surface area (TPSA) is 148 Å². The number of amides is 1. The SMILES string of the molecule is CCOC(=O)C(CCCCNS(=O)(=O)c1ccc(C)cc1)NS(=O)(=O)c1ccc(NC(C)=O)cc1. The average molecular weight is 526 g/mol. The fourth-order valence-electron chi connectivity index (χ4n) is 3.12. The number of benzene rings is 2. The fourth-order valence-corrected chi connectivity index (χ4v) is 5.42. The van der Waals surface area contributed by atoms with Crippen LogP contribution in [0.2, 0.25) is 0 Å². The summed E-state index contributed by atoms with van der Waals surface area (Å²) in [5, 5.41) is 2.55. The third-order valence-electron chi connectivity index (χ3n) is 4.90. The van der Waals surface area contributed by atoms with Crippen LogP contribution in [0, 0.1) is 6.92 Å². The summed E-state index contributed by atoms with van der Waals surface area (Å²) in [5.41, 5.74) is 1.38. The van der Waals surface area contributed by atoms with Gasteiger partial charge in [-0.25, -0.2) is 21.6 Å². The molecule has 0 fully saturated rings. The summed E-state index contributed by atoms with van der Waals surface area (Å²) in [5.74, 6) is -1.01. The number of aryl methyl sites for hydroxylation is 1. The van der Waals surface area contributed by atoms with Crippen molar-refractivity contribution < 1.29 is 31.2 Å². The molecule has 0 bridgehead atoms. The summed E-state index contributed by atoms with van der Waals surface area (Å²) in [6.07, 6.45) is 0.867. The van der Waals surface area contributed by atoms with Crippen LogP contribution in [0.4, 0.5) is 5.69 Å². The third kappa shape index (κ3) is 9.06. The molecule has 192 valence electrons. The number of unbranched alkanes of at least 4 members (excludes halogenated alkanes) is 1. The van der Waals surface area contributed by atoms with Crippen LogP contribution < -0.4 is 14.8 Å². The second-order valence-electron chi connectivity index (χ2n) is 7.84. The van der Waals surface area contributed by atoms with Crippen LogP contribution in [0.1, 0.15) is 38.7 Å². The van der Waals surface area contributed by atoms with E-state index in [1.807, 2.05) is 6.92 Å².